The second kappa shape index (κ2) is 10.5. The highest BCUT2D eigenvalue weighted by Gasteiger charge is 2.26. The Morgan fingerprint density at radius 1 is 1.35 bits per heavy atom. The Hall–Kier alpha value is -0.330. The van der Waals surface area contributed by atoms with Gasteiger partial charge in [0.2, 0.25) is 5.91 Å². The number of carbonyl (C=O) groups excluding carboxylic acids is 1. The SMILES string of the molecule is Cl.Cl.O=C(NCC(c1cccs1)N1CCCC1)C1CCCNC1. The van der Waals surface area contributed by atoms with Crippen LogP contribution in [0.5, 0.6) is 0 Å². The largest absolute Gasteiger partial charge is 0.354 e. The van der Waals surface area contributed by atoms with E-state index >= 15 is 0 Å². The summed E-state index contributed by atoms with van der Waals surface area (Å²) >= 11 is 1.80. The van der Waals surface area contributed by atoms with E-state index in [0.29, 0.717) is 6.04 Å². The molecule has 1 aromatic heterocycles. The van der Waals surface area contributed by atoms with Gasteiger partial charge in [0.1, 0.15) is 0 Å². The first kappa shape index (κ1) is 20.7. The summed E-state index contributed by atoms with van der Waals surface area (Å²) in [6.07, 6.45) is 4.69. The molecule has 0 saturated carbocycles. The zero-order valence-electron chi connectivity index (χ0n) is 13.3. The summed E-state index contributed by atoms with van der Waals surface area (Å²) in [7, 11) is 0. The number of hydrogen-bond acceptors (Lipinski definition) is 4. The fraction of sp³-hybridized carbons (Fsp3) is 0.688. The maximum atomic E-state index is 12.3. The number of nitrogens with one attached hydrogen (secondary N) is 2. The molecule has 0 spiro atoms. The van der Waals surface area contributed by atoms with Crippen LogP contribution in [0.4, 0.5) is 0 Å². The molecule has 2 unspecified atom stereocenters. The second-order valence-electron chi connectivity index (χ2n) is 6.06. The third-order valence-electron chi connectivity index (χ3n) is 4.59. The number of piperidine rings is 1. The first-order valence-corrected chi connectivity index (χ1v) is 8.98. The highest BCUT2D eigenvalue weighted by Crippen LogP contribution is 2.28. The number of hydrogen-bond donors (Lipinski definition) is 2. The number of nitrogens with zero attached hydrogens (tertiary/aromatic N) is 1. The van der Waals surface area contributed by atoms with Crippen molar-refractivity contribution >= 4 is 42.1 Å². The van der Waals surface area contributed by atoms with Crippen LogP contribution in [0.3, 0.4) is 0 Å². The van der Waals surface area contributed by atoms with Crippen LogP contribution in [0.2, 0.25) is 0 Å². The molecular weight excluding hydrogens is 353 g/mol. The number of thiophene rings is 1. The van der Waals surface area contributed by atoms with Gasteiger partial charge in [0.05, 0.1) is 12.0 Å². The molecule has 2 aliphatic heterocycles. The zero-order valence-corrected chi connectivity index (χ0v) is 15.8. The van der Waals surface area contributed by atoms with E-state index in [9.17, 15) is 4.79 Å². The number of halogens is 2. The van der Waals surface area contributed by atoms with Gasteiger partial charge in [-0.05, 0) is 56.8 Å². The first-order chi connectivity index (χ1) is 10.3. The van der Waals surface area contributed by atoms with Gasteiger partial charge in [0.25, 0.3) is 0 Å². The molecule has 2 saturated heterocycles. The minimum atomic E-state index is 0. The standard InChI is InChI=1S/C16H25N3OS.2ClH/c20-16(13-5-3-7-17-11-13)18-12-14(15-6-4-10-21-15)19-8-1-2-9-19;;/h4,6,10,13-14,17H,1-3,5,7-9,11-12H2,(H,18,20);2*1H. The molecule has 0 radical (unpaired) electrons. The molecule has 1 aromatic rings. The molecule has 4 nitrogen and oxygen atoms in total. The smallest absolute Gasteiger partial charge is 0.224 e. The monoisotopic (exact) mass is 379 g/mol. The van der Waals surface area contributed by atoms with Gasteiger partial charge in [-0.3, -0.25) is 9.69 Å². The van der Waals surface area contributed by atoms with Crippen LogP contribution in [0.25, 0.3) is 0 Å². The fourth-order valence-electron chi connectivity index (χ4n) is 3.36. The normalized spacial score (nSPS) is 22.7. The highest BCUT2D eigenvalue weighted by atomic mass is 35.5. The van der Waals surface area contributed by atoms with Gasteiger partial charge in [0, 0.05) is 18.0 Å². The highest BCUT2D eigenvalue weighted by molar-refractivity contribution is 7.10. The lowest BCUT2D eigenvalue weighted by Crippen LogP contribution is -2.43. The van der Waals surface area contributed by atoms with Gasteiger partial charge in [-0.2, -0.15) is 0 Å². The molecule has 0 bridgehead atoms. The van der Waals surface area contributed by atoms with E-state index in [2.05, 4.69) is 33.0 Å². The zero-order chi connectivity index (χ0) is 14.5. The van der Waals surface area contributed by atoms with Crippen LogP contribution in [-0.4, -0.2) is 43.5 Å². The van der Waals surface area contributed by atoms with E-state index in [-0.39, 0.29) is 36.6 Å². The van der Waals surface area contributed by atoms with Crippen LogP contribution < -0.4 is 10.6 Å². The topological polar surface area (TPSA) is 44.4 Å². The quantitative estimate of drug-likeness (QED) is 0.826. The van der Waals surface area contributed by atoms with Crippen molar-refractivity contribution in [2.75, 3.05) is 32.7 Å². The van der Waals surface area contributed by atoms with E-state index in [1.54, 1.807) is 11.3 Å². The maximum absolute atomic E-state index is 12.3. The molecule has 2 fully saturated rings. The lowest BCUT2D eigenvalue weighted by atomic mass is 9.99. The number of amides is 1. The van der Waals surface area contributed by atoms with Crippen LogP contribution >= 0.6 is 36.2 Å². The van der Waals surface area contributed by atoms with Crippen LogP contribution in [0.1, 0.15) is 36.6 Å². The van der Waals surface area contributed by atoms with Crippen LogP contribution in [-0.2, 0) is 4.79 Å². The molecule has 3 heterocycles. The van der Waals surface area contributed by atoms with Crippen molar-refractivity contribution in [1.29, 1.82) is 0 Å². The van der Waals surface area contributed by atoms with E-state index in [1.165, 1.54) is 17.7 Å². The number of likely N-dealkylation sites (tertiary alicyclic amines) is 1. The summed E-state index contributed by atoms with van der Waals surface area (Å²) in [5.41, 5.74) is 0. The number of carbonyl (C=O) groups is 1. The van der Waals surface area contributed by atoms with Crippen LogP contribution in [0, 0.1) is 5.92 Å². The van der Waals surface area contributed by atoms with Crippen molar-refractivity contribution in [2.45, 2.75) is 31.7 Å². The van der Waals surface area contributed by atoms with E-state index in [4.69, 9.17) is 0 Å². The van der Waals surface area contributed by atoms with Gasteiger partial charge >= 0.3 is 0 Å². The van der Waals surface area contributed by atoms with E-state index < -0.39 is 0 Å². The molecule has 0 aromatic carbocycles. The molecule has 0 aliphatic carbocycles. The molecule has 7 heteroatoms. The summed E-state index contributed by atoms with van der Waals surface area (Å²) < 4.78 is 0. The van der Waals surface area contributed by atoms with Gasteiger partial charge < -0.3 is 10.6 Å². The summed E-state index contributed by atoms with van der Waals surface area (Å²) in [6.45, 7) is 4.94. The molecule has 2 N–H and O–H groups in total. The molecule has 23 heavy (non-hydrogen) atoms. The average Bonchev–Trinajstić information content (AvgIpc) is 3.22. The molecule has 132 valence electrons. The lowest BCUT2D eigenvalue weighted by molar-refractivity contribution is -0.125. The Bertz CT molecular complexity index is 446. The summed E-state index contributed by atoms with van der Waals surface area (Å²) in [4.78, 5) is 16.2. The summed E-state index contributed by atoms with van der Waals surface area (Å²) in [5, 5.41) is 8.65. The second-order valence-corrected chi connectivity index (χ2v) is 7.04. The van der Waals surface area contributed by atoms with Crippen LogP contribution in [0.15, 0.2) is 17.5 Å². The molecule has 3 rings (SSSR count). The molecule has 1 amide bonds. The van der Waals surface area contributed by atoms with Gasteiger partial charge in [-0.15, -0.1) is 36.2 Å². The van der Waals surface area contributed by atoms with Gasteiger partial charge in [0.15, 0.2) is 0 Å². The predicted octanol–water partition coefficient (Wildman–Crippen LogP) is 2.84. The van der Waals surface area contributed by atoms with Gasteiger partial charge in [-0.25, -0.2) is 0 Å². The predicted molar refractivity (Wildman–Crippen MR) is 101 cm³/mol. The average molecular weight is 380 g/mol. The van der Waals surface area contributed by atoms with Crippen molar-refractivity contribution in [1.82, 2.24) is 15.5 Å². The Labute approximate surface area is 155 Å². The van der Waals surface area contributed by atoms with Crippen molar-refractivity contribution in [3.8, 4) is 0 Å². The maximum Gasteiger partial charge on any atom is 0.224 e. The van der Waals surface area contributed by atoms with E-state index in [0.717, 1.165) is 45.6 Å². The van der Waals surface area contributed by atoms with Crippen molar-refractivity contribution < 1.29 is 4.79 Å². The third-order valence-corrected chi connectivity index (χ3v) is 5.56. The Kier molecular flexibility index (Phi) is 9.47. The van der Waals surface area contributed by atoms with E-state index in [1.807, 2.05) is 0 Å². The third kappa shape index (κ3) is 5.61. The van der Waals surface area contributed by atoms with Crippen molar-refractivity contribution in [3.05, 3.63) is 22.4 Å². The minimum Gasteiger partial charge on any atom is -0.354 e. The molecular formula is C16H27Cl2N3OS. The molecule has 2 atom stereocenters. The molecule has 2 aliphatic rings. The lowest BCUT2D eigenvalue weighted by Gasteiger charge is -2.28. The Morgan fingerprint density at radius 3 is 2.74 bits per heavy atom. The summed E-state index contributed by atoms with van der Waals surface area (Å²) in [5.74, 6) is 0.379. The van der Waals surface area contributed by atoms with Crippen molar-refractivity contribution in [3.63, 3.8) is 0 Å². The Balaban J connectivity index is 0.00000132. The van der Waals surface area contributed by atoms with Crippen molar-refractivity contribution in [2.24, 2.45) is 5.92 Å². The fourth-order valence-corrected chi connectivity index (χ4v) is 4.22. The Morgan fingerprint density at radius 2 is 2.13 bits per heavy atom. The first-order valence-electron chi connectivity index (χ1n) is 8.10. The summed E-state index contributed by atoms with van der Waals surface area (Å²) in [6, 6.07) is 4.66. The number of rotatable bonds is 5. The minimum absolute atomic E-state index is 0. The van der Waals surface area contributed by atoms with Gasteiger partial charge in [-0.1, -0.05) is 6.07 Å².